The van der Waals surface area contributed by atoms with Gasteiger partial charge in [-0.25, -0.2) is 0 Å². The van der Waals surface area contributed by atoms with Gasteiger partial charge in [0.1, 0.15) is 6.04 Å². The third-order valence-corrected chi connectivity index (χ3v) is 3.94. The van der Waals surface area contributed by atoms with Gasteiger partial charge >= 0.3 is 0 Å². The zero-order chi connectivity index (χ0) is 14.0. The number of aliphatic hydroxyl groups is 1. The molecular weight excluding hydrogens is 240 g/mol. The molecule has 0 saturated carbocycles. The van der Waals surface area contributed by atoms with E-state index in [-0.39, 0.29) is 18.6 Å². The van der Waals surface area contributed by atoms with Gasteiger partial charge in [-0.15, -0.1) is 0 Å². The van der Waals surface area contributed by atoms with Crippen molar-refractivity contribution >= 4 is 5.91 Å². The van der Waals surface area contributed by atoms with Crippen LogP contribution in [0.1, 0.15) is 18.1 Å². The van der Waals surface area contributed by atoms with Crippen LogP contribution in [0.5, 0.6) is 0 Å². The Hall–Kier alpha value is -1.39. The van der Waals surface area contributed by atoms with Crippen LogP contribution in [0.3, 0.4) is 0 Å². The first kappa shape index (κ1) is 14.0. The summed E-state index contributed by atoms with van der Waals surface area (Å²) in [5.41, 5.74) is 2.35. The number of carbonyl (C=O) groups excluding carboxylic acids is 1. The van der Waals surface area contributed by atoms with Crippen LogP contribution in [0.15, 0.2) is 24.3 Å². The molecule has 0 bridgehead atoms. The summed E-state index contributed by atoms with van der Waals surface area (Å²) in [6.45, 7) is 5.34. The molecule has 104 valence electrons. The molecular formula is C15H22N2O2. The second-order valence-electron chi connectivity index (χ2n) is 5.42. The first-order chi connectivity index (χ1) is 9.02. The molecule has 1 N–H and O–H groups in total. The normalized spacial score (nSPS) is 24.8. The molecule has 19 heavy (non-hydrogen) atoms. The van der Waals surface area contributed by atoms with Gasteiger partial charge in [-0.3, -0.25) is 9.69 Å². The number of aliphatic hydroxyl groups excluding tert-OH is 1. The van der Waals surface area contributed by atoms with Crippen molar-refractivity contribution in [3.8, 4) is 0 Å². The number of piperazine rings is 1. The quantitative estimate of drug-likeness (QED) is 0.884. The fourth-order valence-corrected chi connectivity index (χ4v) is 2.49. The van der Waals surface area contributed by atoms with Gasteiger partial charge in [-0.1, -0.05) is 29.8 Å². The highest BCUT2D eigenvalue weighted by molar-refractivity contribution is 5.83. The molecule has 1 aromatic rings. The van der Waals surface area contributed by atoms with Gasteiger partial charge in [0, 0.05) is 19.1 Å². The van der Waals surface area contributed by atoms with Gasteiger partial charge in [-0.05, 0) is 26.5 Å². The molecule has 1 amide bonds. The van der Waals surface area contributed by atoms with E-state index in [2.05, 4.69) is 38.1 Å². The molecule has 1 fully saturated rings. The van der Waals surface area contributed by atoms with E-state index >= 15 is 0 Å². The number of likely N-dealkylation sites (N-methyl/N-ethyl adjacent to an activating group) is 1. The predicted octanol–water partition coefficient (Wildman–Crippen LogP) is 1.02. The smallest absolute Gasteiger partial charge is 0.242 e. The fourth-order valence-electron chi connectivity index (χ4n) is 2.49. The Labute approximate surface area is 114 Å². The molecule has 1 heterocycles. The maximum atomic E-state index is 12.3. The zero-order valence-corrected chi connectivity index (χ0v) is 11.8. The van der Waals surface area contributed by atoms with Crippen LogP contribution >= 0.6 is 0 Å². The minimum atomic E-state index is -0.408. The van der Waals surface area contributed by atoms with Crippen LogP contribution in [0.2, 0.25) is 0 Å². The molecule has 1 aliphatic rings. The standard InChI is InChI=1S/C15H22N2O2/c1-11-4-6-13(7-5-11)9-17-8-12(2)16(3)14(10-18)15(17)19/h4-7,12,14,18H,8-10H2,1-3H3. The lowest BCUT2D eigenvalue weighted by Crippen LogP contribution is -2.60. The van der Waals surface area contributed by atoms with E-state index in [4.69, 9.17) is 0 Å². The van der Waals surface area contributed by atoms with E-state index in [9.17, 15) is 9.90 Å². The molecule has 1 aliphatic heterocycles. The van der Waals surface area contributed by atoms with Crippen LogP contribution in [0.25, 0.3) is 0 Å². The van der Waals surface area contributed by atoms with E-state index in [1.165, 1.54) is 5.56 Å². The molecule has 1 aromatic carbocycles. The van der Waals surface area contributed by atoms with Crippen molar-refractivity contribution in [2.45, 2.75) is 32.5 Å². The van der Waals surface area contributed by atoms with Crippen LogP contribution < -0.4 is 0 Å². The van der Waals surface area contributed by atoms with Crippen LogP contribution in [-0.2, 0) is 11.3 Å². The first-order valence-electron chi connectivity index (χ1n) is 6.70. The monoisotopic (exact) mass is 262 g/mol. The molecule has 2 unspecified atom stereocenters. The summed E-state index contributed by atoms with van der Waals surface area (Å²) in [5.74, 6) is 0.0173. The minimum absolute atomic E-state index is 0.0173. The lowest BCUT2D eigenvalue weighted by molar-refractivity contribution is -0.146. The summed E-state index contributed by atoms with van der Waals surface area (Å²) in [7, 11) is 1.90. The Kier molecular flexibility index (Phi) is 4.22. The number of benzene rings is 1. The number of hydrogen-bond donors (Lipinski definition) is 1. The van der Waals surface area contributed by atoms with Crippen molar-refractivity contribution < 1.29 is 9.90 Å². The van der Waals surface area contributed by atoms with Crippen molar-refractivity contribution in [3.63, 3.8) is 0 Å². The lowest BCUT2D eigenvalue weighted by Gasteiger charge is -2.42. The molecule has 2 atom stereocenters. The maximum absolute atomic E-state index is 12.3. The molecule has 2 rings (SSSR count). The van der Waals surface area contributed by atoms with Crippen molar-refractivity contribution in [3.05, 3.63) is 35.4 Å². The van der Waals surface area contributed by atoms with E-state index in [1.807, 2.05) is 16.8 Å². The maximum Gasteiger partial charge on any atom is 0.242 e. The van der Waals surface area contributed by atoms with Gasteiger partial charge in [0.2, 0.25) is 5.91 Å². The topological polar surface area (TPSA) is 43.8 Å². The molecule has 4 heteroatoms. The van der Waals surface area contributed by atoms with Crippen molar-refractivity contribution in [1.82, 2.24) is 9.80 Å². The van der Waals surface area contributed by atoms with Crippen molar-refractivity contribution in [2.75, 3.05) is 20.2 Å². The average Bonchev–Trinajstić information content (AvgIpc) is 2.39. The number of carbonyl (C=O) groups is 1. The van der Waals surface area contributed by atoms with E-state index < -0.39 is 6.04 Å². The Morgan fingerprint density at radius 1 is 1.32 bits per heavy atom. The van der Waals surface area contributed by atoms with Crippen LogP contribution in [0, 0.1) is 6.92 Å². The van der Waals surface area contributed by atoms with Crippen LogP contribution in [-0.4, -0.2) is 53.1 Å². The fraction of sp³-hybridized carbons (Fsp3) is 0.533. The molecule has 0 spiro atoms. The number of aryl methyl sites for hydroxylation is 1. The number of hydrogen-bond acceptors (Lipinski definition) is 3. The zero-order valence-electron chi connectivity index (χ0n) is 11.8. The number of amides is 1. The summed E-state index contributed by atoms with van der Waals surface area (Å²) >= 11 is 0. The third kappa shape index (κ3) is 2.96. The summed E-state index contributed by atoms with van der Waals surface area (Å²) < 4.78 is 0. The van der Waals surface area contributed by atoms with Gasteiger partial charge in [0.05, 0.1) is 6.61 Å². The first-order valence-corrected chi connectivity index (χ1v) is 6.70. The Morgan fingerprint density at radius 3 is 2.53 bits per heavy atom. The highest BCUT2D eigenvalue weighted by Gasteiger charge is 2.35. The molecule has 0 aliphatic carbocycles. The third-order valence-electron chi connectivity index (χ3n) is 3.94. The molecule has 1 saturated heterocycles. The predicted molar refractivity (Wildman–Crippen MR) is 74.7 cm³/mol. The molecule has 4 nitrogen and oxygen atoms in total. The lowest BCUT2D eigenvalue weighted by atomic mass is 10.1. The van der Waals surface area contributed by atoms with Crippen LogP contribution in [0.4, 0.5) is 0 Å². The van der Waals surface area contributed by atoms with E-state index in [1.54, 1.807) is 0 Å². The van der Waals surface area contributed by atoms with Gasteiger partial charge in [-0.2, -0.15) is 0 Å². The van der Waals surface area contributed by atoms with Crippen molar-refractivity contribution in [2.24, 2.45) is 0 Å². The highest BCUT2D eigenvalue weighted by Crippen LogP contribution is 2.17. The second-order valence-corrected chi connectivity index (χ2v) is 5.42. The Bertz CT molecular complexity index is 444. The van der Waals surface area contributed by atoms with E-state index in [0.717, 1.165) is 5.56 Å². The minimum Gasteiger partial charge on any atom is -0.394 e. The number of nitrogens with zero attached hydrogens (tertiary/aromatic N) is 2. The SMILES string of the molecule is Cc1ccc(CN2CC(C)N(C)C(CO)C2=O)cc1. The Morgan fingerprint density at radius 2 is 1.95 bits per heavy atom. The summed E-state index contributed by atoms with van der Waals surface area (Å²) in [6, 6.07) is 8.08. The van der Waals surface area contributed by atoms with Gasteiger partial charge < -0.3 is 10.0 Å². The Balaban J connectivity index is 2.11. The summed E-state index contributed by atoms with van der Waals surface area (Å²) in [4.78, 5) is 16.1. The number of rotatable bonds is 3. The van der Waals surface area contributed by atoms with Crippen molar-refractivity contribution in [1.29, 1.82) is 0 Å². The summed E-state index contributed by atoms with van der Waals surface area (Å²) in [6.07, 6.45) is 0. The van der Waals surface area contributed by atoms with Gasteiger partial charge in [0.25, 0.3) is 0 Å². The summed E-state index contributed by atoms with van der Waals surface area (Å²) in [5, 5.41) is 9.38. The average molecular weight is 262 g/mol. The largest absolute Gasteiger partial charge is 0.394 e. The second kappa shape index (κ2) is 5.72. The van der Waals surface area contributed by atoms with E-state index in [0.29, 0.717) is 13.1 Å². The highest BCUT2D eigenvalue weighted by atomic mass is 16.3. The molecule has 0 aromatic heterocycles. The van der Waals surface area contributed by atoms with Gasteiger partial charge in [0.15, 0.2) is 0 Å². The molecule has 0 radical (unpaired) electrons.